The quantitative estimate of drug-likeness (QED) is 0.865. The molecule has 5 heteroatoms. The average Bonchev–Trinajstić information content (AvgIpc) is 3.05. The Balaban J connectivity index is 1.63. The Morgan fingerprint density at radius 3 is 2.82 bits per heavy atom. The maximum Gasteiger partial charge on any atom is 0.118 e. The highest BCUT2D eigenvalue weighted by Gasteiger charge is 2.22. The first-order valence-corrected chi connectivity index (χ1v) is 7.75. The van der Waals surface area contributed by atoms with Crippen LogP contribution in [0.5, 0.6) is 5.75 Å². The molecule has 22 heavy (non-hydrogen) atoms. The molecular weight excluding hydrogens is 276 g/mol. The molecule has 1 aromatic carbocycles. The number of ether oxygens (including phenoxy) is 1. The van der Waals surface area contributed by atoms with E-state index in [-0.39, 0.29) is 0 Å². The first-order chi connectivity index (χ1) is 10.8. The summed E-state index contributed by atoms with van der Waals surface area (Å²) in [6, 6.07) is 8.78. The monoisotopic (exact) mass is 300 g/mol. The fraction of sp³-hybridized carbons (Fsp3) is 0.412. The van der Waals surface area contributed by atoms with Gasteiger partial charge in [-0.25, -0.2) is 0 Å². The molecule has 0 unspecified atom stereocenters. The van der Waals surface area contributed by atoms with E-state index in [9.17, 15) is 0 Å². The molecule has 2 heterocycles. The van der Waals surface area contributed by atoms with Crippen molar-refractivity contribution < 1.29 is 4.74 Å². The Kier molecular flexibility index (Phi) is 4.53. The van der Waals surface area contributed by atoms with Gasteiger partial charge in [-0.3, -0.25) is 5.01 Å². The summed E-state index contributed by atoms with van der Waals surface area (Å²) in [5.74, 6) is 0.890. The molecule has 3 rings (SSSR count). The second kappa shape index (κ2) is 6.75. The van der Waals surface area contributed by atoms with Crippen LogP contribution in [-0.2, 0) is 6.54 Å². The number of allylic oxidation sites excluding steroid dienone is 1. The number of hydrogen-bond donors (Lipinski definition) is 2. The van der Waals surface area contributed by atoms with Crippen LogP contribution in [0.2, 0.25) is 0 Å². The molecule has 0 amide bonds. The van der Waals surface area contributed by atoms with Crippen molar-refractivity contribution in [1.29, 1.82) is 0 Å². The minimum absolute atomic E-state index is 0.597. The van der Waals surface area contributed by atoms with Gasteiger partial charge in [0.15, 0.2) is 0 Å². The smallest absolute Gasteiger partial charge is 0.118 e. The number of likely N-dealkylation sites (tertiary alicyclic amines) is 1. The van der Waals surface area contributed by atoms with Crippen molar-refractivity contribution in [2.45, 2.75) is 19.0 Å². The SMILES string of the molecule is CN[C@@H]1CCN(C2=CN(Cc3ccc(OC)cc3)NC=C2)C1. The lowest BCUT2D eigenvalue weighted by Gasteiger charge is -2.29. The van der Waals surface area contributed by atoms with Crippen LogP contribution in [0.3, 0.4) is 0 Å². The van der Waals surface area contributed by atoms with E-state index in [0.29, 0.717) is 6.04 Å². The first-order valence-electron chi connectivity index (χ1n) is 7.75. The van der Waals surface area contributed by atoms with Crippen molar-refractivity contribution >= 4 is 0 Å². The van der Waals surface area contributed by atoms with Gasteiger partial charge in [-0.1, -0.05) is 12.1 Å². The van der Waals surface area contributed by atoms with Gasteiger partial charge < -0.3 is 20.4 Å². The Morgan fingerprint density at radius 2 is 2.14 bits per heavy atom. The van der Waals surface area contributed by atoms with E-state index in [4.69, 9.17) is 4.74 Å². The van der Waals surface area contributed by atoms with Gasteiger partial charge in [0.2, 0.25) is 0 Å². The highest BCUT2D eigenvalue weighted by molar-refractivity contribution is 5.28. The van der Waals surface area contributed by atoms with Crippen LogP contribution in [0.15, 0.2) is 48.4 Å². The Labute approximate surface area is 132 Å². The topological polar surface area (TPSA) is 39.8 Å². The lowest BCUT2D eigenvalue weighted by Crippen LogP contribution is -2.35. The molecule has 1 fully saturated rings. The van der Waals surface area contributed by atoms with Gasteiger partial charge >= 0.3 is 0 Å². The van der Waals surface area contributed by atoms with Gasteiger partial charge in [-0.15, -0.1) is 0 Å². The molecule has 0 aromatic heterocycles. The third-order valence-electron chi connectivity index (χ3n) is 4.26. The number of hydrazine groups is 1. The molecule has 1 atom stereocenters. The van der Waals surface area contributed by atoms with Crippen molar-refractivity contribution in [3.63, 3.8) is 0 Å². The van der Waals surface area contributed by atoms with Crippen LogP contribution in [-0.4, -0.2) is 43.2 Å². The van der Waals surface area contributed by atoms with E-state index in [0.717, 1.165) is 25.4 Å². The van der Waals surface area contributed by atoms with Gasteiger partial charge in [-0.2, -0.15) is 0 Å². The third kappa shape index (κ3) is 3.36. The van der Waals surface area contributed by atoms with Crippen molar-refractivity contribution in [2.75, 3.05) is 27.2 Å². The molecule has 5 nitrogen and oxygen atoms in total. The van der Waals surface area contributed by atoms with E-state index in [1.165, 1.54) is 17.7 Å². The van der Waals surface area contributed by atoms with Gasteiger partial charge in [0.25, 0.3) is 0 Å². The average molecular weight is 300 g/mol. The summed E-state index contributed by atoms with van der Waals surface area (Å²) < 4.78 is 5.20. The van der Waals surface area contributed by atoms with Crippen molar-refractivity contribution in [1.82, 2.24) is 20.7 Å². The molecule has 0 radical (unpaired) electrons. The fourth-order valence-corrected chi connectivity index (χ4v) is 2.89. The predicted octanol–water partition coefficient (Wildman–Crippen LogP) is 1.66. The second-order valence-corrected chi connectivity index (χ2v) is 5.71. The maximum absolute atomic E-state index is 5.20. The van der Waals surface area contributed by atoms with E-state index >= 15 is 0 Å². The third-order valence-corrected chi connectivity index (χ3v) is 4.26. The molecule has 118 valence electrons. The number of rotatable bonds is 5. The van der Waals surface area contributed by atoms with Crippen LogP contribution in [0.1, 0.15) is 12.0 Å². The van der Waals surface area contributed by atoms with E-state index in [1.54, 1.807) is 7.11 Å². The van der Waals surface area contributed by atoms with Crippen LogP contribution in [0.25, 0.3) is 0 Å². The highest BCUT2D eigenvalue weighted by Crippen LogP contribution is 2.19. The van der Waals surface area contributed by atoms with Crippen molar-refractivity contribution in [3.05, 3.63) is 54.0 Å². The molecular formula is C17H24N4O. The molecule has 1 aromatic rings. The summed E-state index contributed by atoms with van der Waals surface area (Å²) in [6.45, 7) is 3.00. The van der Waals surface area contributed by atoms with Gasteiger partial charge in [0.1, 0.15) is 5.75 Å². The fourth-order valence-electron chi connectivity index (χ4n) is 2.89. The lowest BCUT2D eigenvalue weighted by molar-refractivity contribution is 0.285. The van der Waals surface area contributed by atoms with Gasteiger partial charge in [0.05, 0.1) is 19.4 Å². The Hall–Kier alpha value is -2.14. The molecule has 2 aliphatic heterocycles. The maximum atomic E-state index is 5.20. The largest absolute Gasteiger partial charge is 0.497 e. The van der Waals surface area contributed by atoms with Gasteiger partial charge in [-0.05, 0) is 37.2 Å². The zero-order valence-electron chi connectivity index (χ0n) is 13.2. The van der Waals surface area contributed by atoms with Crippen LogP contribution < -0.4 is 15.5 Å². The zero-order valence-corrected chi connectivity index (χ0v) is 13.2. The lowest BCUT2D eigenvalue weighted by atomic mass is 10.2. The van der Waals surface area contributed by atoms with Gasteiger partial charge in [0, 0.05) is 31.5 Å². The highest BCUT2D eigenvalue weighted by atomic mass is 16.5. The van der Waals surface area contributed by atoms with Crippen molar-refractivity contribution in [2.24, 2.45) is 0 Å². The predicted molar refractivity (Wildman–Crippen MR) is 87.9 cm³/mol. The number of methoxy groups -OCH3 is 1. The molecule has 0 spiro atoms. The normalized spacial score (nSPS) is 20.8. The molecule has 0 aliphatic carbocycles. The first kappa shape index (κ1) is 14.8. The molecule has 0 saturated carbocycles. The summed E-state index contributed by atoms with van der Waals surface area (Å²) in [6.07, 6.45) is 7.53. The minimum Gasteiger partial charge on any atom is -0.497 e. The van der Waals surface area contributed by atoms with E-state index in [2.05, 4.69) is 45.1 Å². The molecule has 1 saturated heterocycles. The summed E-state index contributed by atoms with van der Waals surface area (Å²) >= 11 is 0. The van der Waals surface area contributed by atoms with E-state index in [1.807, 2.05) is 25.4 Å². The van der Waals surface area contributed by atoms with Crippen LogP contribution >= 0.6 is 0 Å². The van der Waals surface area contributed by atoms with Crippen LogP contribution in [0, 0.1) is 0 Å². The minimum atomic E-state index is 0.597. The van der Waals surface area contributed by atoms with E-state index < -0.39 is 0 Å². The number of nitrogens with one attached hydrogen (secondary N) is 2. The second-order valence-electron chi connectivity index (χ2n) is 5.71. The number of benzene rings is 1. The summed E-state index contributed by atoms with van der Waals surface area (Å²) in [5.41, 5.74) is 5.79. The van der Waals surface area contributed by atoms with Crippen molar-refractivity contribution in [3.8, 4) is 5.75 Å². The molecule has 2 N–H and O–H groups in total. The Morgan fingerprint density at radius 1 is 1.32 bits per heavy atom. The Bertz CT molecular complexity index is 552. The summed E-state index contributed by atoms with van der Waals surface area (Å²) in [4.78, 5) is 2.43. The number of nitrogens with zero attached hydrogens (tertiary/aromatic N) is 2. The summed E-state index contributed by atoms with van der Waals surface area (Å²) in [5, 5.41) is 5.48. The van der Waals surface area contributed by atoms with Crippen LogP contribution in [0.4, 0.5) is 0 Å². The number of likely N-dealkylation sites (N-methyl/N-ethyl adjacent to an activating group) is 1. The summed E-state index contributed by atoms with van der Waals surface area (Å²) in [7, 11) is 3.73. The standard InChI is InChI=1S/C17H24N4O/c1-18-15-8-10-20(12-15)16-7-9-19-21(13-16)11-14-3-5-17(22-2)6-4-14/h3-7,9,13,15,18-19H,8,10-12H2,1-2H3/t15-/m1/s1. The molecule has 0 bridgehead atoms. The zero-order chi connectivity index (χ0) is 15.4. The number of hydrogen-bond acceptors (Lipinski definition) is 5. The molecule has 2 aliphatic rings.